The number of aliphatic hydroxyl groups excluding tert-OH is 1. The number of carbonyl (C=O) groups is 2. The first kappa shape index (κ1) is 26.3. The number of hydrogen-bond donors (Lipinski definition) is 2. The van der Waals surface area contributed by atoms with E-state index in [2.05, 4.69) is 41.2 Å². The van der Waals surface area contributed by atoms with Crippen LogP contribution < -0.4 is 5.32 Å². The Kier molecular flexibility index (Phi) is 6.75. The van der Waals surface area contributed by atoms with Crippen LogP contribution in [0.25, 0.3) is 22.0 Å². The van der Waals surface area contributed by atoms with Crippen molar-refractivity contribution in [3.8, 4) is 11.1 Å². The fraction of sp³-hybridized carbons (Fsp3) is 0.552. The number of rotatable bonds is 7. The van der Waals surface area contributed by atoms with Gasteiger partial charge in [-0.15, -0.1) is 0 Å². The molecule has 0 bridgehead atoms. The van der Waals surface area contributed by atoms with Crippen LogP contribution >= 0.6 is 0 Å². The molecule has 3 aromatic rings. The van der Waals surface area contributed by atoms with E-state index in [1.807, 2.05) is 32.0 Å². The number of hydrogen-bond acceptors (Lipinski definition) is 6. The average Bonchev–Trinajstić information content (AvgIpc) is 3.42. The Morgan fingerprint density at radius 2 is 1.84 bits per heavy atom. The number of piperidine rings is 1. The second kappa shape index (κ2) is 9.76. The molecule has 202 valence electrons. The molecular formula is C29H38N6O3. The molecule has 1 unspecified atom stereocenters. The quantitative estimate of drug-likeness (QED) is 0.494. The molecule has 2 aromatic heterocycles. The number of nitrogens with one attached hydrogen (secondary N) is 1. The number of aromatic nitrogens is 4. The van der Waals surface area contributed by atoms with Gasteiger partial charge in [-0.1, -0.05) is 26.8 Å². The first-order chi connectivity index (χ1) is 18.0. The summed E-state index contributed by atoms with van der Waals surface area (Å²) in [6.07, 6.45) is 4.46. The van der Waals surface area contributed by atoms with Gasteiger partial charge in [0.1, 0.15) is 18.4 Å². The van der Waals surface area contributed by atoms with E-state index in [1.54, 1.807) is 28.9 Å². The van der Waals surface area contributed by atoms with E-state index >= 15 is 0 Å². The molecule has 5 rings (SSSR count). The Morgan fingerprint density at radius 3 is 2.50 bits per heavy atom. The summed E-state index contributed by atoms with van der Waals surface area (Å²) < 4.78 is 1.65. The van der Waals surface area contributed by atoms with Crippen molar-refractivity contribution in [2.75, 3.05) is 6.54 Å². The zero-order valence-electron chi connectivity index (χ0n) is 23.1. The maximum Gasteiger partial charge on any atom is 0.245 e. The molecule has 9 nitrogen and oxygen atoms in total. The van der Waals surface area contributed by atoms with E-state index in [0.717, 1.165) is 28.5 Å². The highest BCUT2D eigenvalue weighted by Gasteiger charge is 2.57. The van der Waals surface area contributed by atoms with E-state index in [-0.39, 0.29) is 29.8 Å². The number of fused-ring (bicyclic) bond motifs is 2. The minimum atomic E-state index is -0.809. The molecule has 0 spiro atoms. The SMILES string of the molecule is Cc1ncc(-c2ccc3c(c2)c(C(C)O)nn3CC(=O)N2C[C@@H]3C[C@@]3(C)C[C@H]2C(=O)N[C@@H](C)C(C)C)cn1. The van der Waals surface area contributed by atoms with Gasteiger partial charge in [-0.05, 0) is 68.6 Å². The second-order valence-electron chi connectivity index (χ2n) is 11.8. The maximum atomic E-state index is 13.7. The molecule has 2 amide bonds. The van der Waals surface area contributed by atoms with Gasteiger partial charge >= 0.3 is 0 Å². The van der Waals surface area contributed by atoms with Gasteiger partial charge in [0, 0.05) is 35.9 Å². The number of aliphatic hydroxyl groups is 1. The fourth-order valence-electron chi connectivity index (χ4n) is 5.53. The van der Waals surface area contributed by atoms with Gasteiger partial charge < -0.3 is 15.3 Å². The Balaban J connectivity index is 1.43. The number of likely N-dealkylation sites (tertiary alicyclic amines) is 1. The lowest BCUT2D eigenvalue weighted by atomic mass is 9.90. The van der Waals surface area contributed by atoms with E-state index < -0.39 is 12.1 Å². The molecule has 2 aliphatic rings. The van der Waals surface area contributed by atoms with Crippen molar-refractivity contribution in [3.63, 3.8) is 0 Å². The number of carbonyl (C=O) groups excluding carboxylic acids is 2. The highest BCUT2D eigenvalue weighted by atomic mass is 16.3. The van der Waals surface area contributed by atoms with Crippen LogP contribution in [0.3, 0.4) is 0 Å². The third-order valence-corrected chi connectivity index (χ3v) is 8.56. The van der Waals surface area contributed by atoms with Crippen LogP contribution in [-0.2, 0) is 16.1 Å². The molecule has 1 saturated heterocycles. The maximum absolute atomic E-state index is 13.7. The minimum absolute atomic E-state index is 0.00313. The van der Waals surface area contributed by atoms with Crippen molar-refractivity contribution in [2.24, 2.45) is 17.3 Å². The molecule has 5 atom stereocenters. The third-order valence-electron chi connectivity index (χ3n) is 8.56. The van der Waals surface area contributed by atoms with Crippen LogP contribution in [0.5, 0.6) is 0 Å². The standard InChI is InChI=1S/C29H38N6O3/c1-16(2)17(3)32-28(38)25-11-29(6)10-22(29)14-34(25)26(37)15-35-24-8-7-20(21-12-30-19(5)31-13-21)9-23(24)27(33-35)18(4)36/h7-9,12-13,16-18,22,25,36H,10-11,14-15H2,1-6H3,(H,32,38)/t17-,18?,22-,25-,29-/m0/s1. The van der Waals surface area contributed by atoms with Gasteiger partial charge in [-0.2, -0.15) is 5.10 Å². The molecule has 0 radical (unpaired) electrons. The van der Waals surface area contributed by atoms with Gasteiger partial charge in [0.15, 0.2) is 0 Å². The summed E-state index contributed by atoms with van der Waals surface area (Å²) in [5.41, 5.74) is 3.17. The summed E-state index contributed by atoms with van der Waals surface area (Å²) >= 11 is 0. The van der Waals surface area contributed by atoms with Crippen LogP contribution in [0.15, 0.2) is 30.6 Å². The second-order valence-corrected chi connectivity index (χ2v) is 11.8. The molecular weight excluding hydrogens is 480 g/mol. The minimum Gasteiger partial charge on any atom is -0.387 e. The van der Waals surface area contributed by atoms with Crippen LogP contribution in [0.2, 0.25) is 0 Å². The largest absolute Gasteiger partial charge is 0.387 e. The van der Waals surface area contributed by atoms with Crippen molar-refractivity contribution in [1.82, 2.24) is 30.0 Å². The summed E-state index contributed by atoms with van der Waals surface area (Å²) in [5.74, 6) is 1.22. The predicted molar refractivity (Wildman–Crippen MR) is 145 cm³/mol. The van der Waals surface area contributed by atoms with Crippen molar-refractivity contribution in [2.45, 2.75) is 79.1 Å². The van der Waals surface area contributed by atoms with Crippen LogP contribution in [0.1, 0.15) is 65.1 Å². The van der Waals surface area contributed by atoms with E-state index in [4.69, 9.17) is 0 Å². The first-order valence-electron chi connectivity index (χ1n) is 13.5. The van der Waals surface area contributed by atoms with Crippen molar-refractivity contribution < 1.29 is 14.7 Å². The fourth-order valence-corrected chi connectivity index (χ4v) is 5.53. The molecule has 2 fully saturated rings. The Hall–Kier alpha value is -3.33. The molecule has 2 N–H and O–H groups in total. The zero-order chi connectivity index (χ0) is 27.4. The lowest BCUT2D eigenvalue weighted by Crippen LogP contribution is -2.56. The highest BCUT2D eigenvalue weighted by molar-refractivity contribution is 5.91. The number of amides is 2. The molecule has 38 heavy (non-hydrogen) atoms. The van der Waals surface area contributed by atoms with Gasteiger partial charge in [-0.3, -0.25) is 14.3 Å². The van der Waals surface area contributed by atoms with Crippen LogP contribution in [-0.4, -0.2) is 60.2 Å². The van der Waals surface area contributed by atoms with E-state index in [1.165, 1.54) is 0 Å². The third kappa shape index (κ3) is 4.91. The Bertz CT molecular complexity index is 1360. The summed E-state index contributed by atoms with van der Waals surface area (Å²) in [6, 6.07) is 5.36. The van der Waals surface area contributed by atoms with Crippen molar-refractivity contribution in [1.29, 1.82) is 0 Å². The molecule has 1 aliphatic heterocycles. The van der Waals surface area contributed by atoms with E-state index in [9.17, 15) is 14.7 Å². The summed E-state index contributed by atoms with van der Waals surface area (Å²) in [6.45, 7) is 12.5. The average molecular weight is 519 g/mol. The van der Waals surface area contributed by atoms with Gasteiger partial charge in [-0.25, -0.2) is 9.97 Å². The lowest BCUT2D eigenvalue weighted by Gasteiger charge is -2.38. The van der Waals surface area contributed by atoms with Gasteiger partial charge in [0.2, 0.25) is 11.8 Å². The predicted octanol–water partition coefficient (Wildman–Crippen LogP) is 3.64. The zero-order valence-corrected chi connectivity index (χ0v) is 23.1. The molecule has 1 aromatic carbocycles. The summed E-state index contributed by atoms with van der Waals surface area (Å²) in [4.78, 5) is 37.4. The Morgan fingerprint density at radius 1 is 1.13 bits per heavy atom. The topological polar surface area (TPSA) is 113 Å². The van der Waals surface area contributed by atoms with Crippen LogP contribution in [0.4, 0.5) is 0 Å². The molecule has 9 heteroatoms. The van der Waals surface area contributed by atoms with Crippen LogP contribution in [0, 0.1) is 24.2 Å². The highest BCUT2D eigenvalue weighted by Crippen LogP contribution is 2.59. The first-order valence-corrected chi connectivity index (χ1v) is 13.5. The molecule has 3 heterocycles. The smallest absolute Gasteiger partial charge is 0.245 e. The van der Waals surface area contributed by atoms with E-state index in [0.29, 0.717) is 36.3 Å². The molecule has 1 aliphatic carbocycles. The number of aryl methyl sites for hydroxylation is 1. The monoisotopic (exact) mass is 518 g/mol. The van der Waals surface area contributed by atoms with Gasteiger partial charge in [0.25, 0.3) is 0 Å². The van der Waals surface area contributed by atoms with Gasteiger partial charge in [0.05, 0.1) is 17.3 Å². The lowest BCUT2D eigenvalue weighted by molar-refractivity contribution is -0.144. The number of benzene rings is 1. The van der Waals surface area contributed by atoms with Crippen molar-refractivity contribution in [3.05, 3.63) is 42.1 Å². The van der Waals surface area contributed by atoms with Crippen molar-refractivity contribution >= 4 is 22.7 Å². The number of nitrogens with zero attached hydrogens (tertiary/aromatic N) is 5. The normalized spacial score (nSPS) is 24.3. The summed E-state index contributed by atoms with van der Waals surface area (Å²) in [7, 11) is 0. The molecule has 1 saturated carbocycles. The summed E-state index contributed by atoms with van der Waals surface area (Å²) in [5, 5.41) is 19.0. The Labute approximate surface area is 223 Å².